The van der Waals surface area contributed by atoms with Gasteiger partial charge in [-0.2, -0.15) is 23.4 Å². The topological polar surface area (TPSA) is 95.7 Å². The maximum atomic E-state index is 14.0. The minimum Gasteiger partial charge on any atom is -0.497 e. The zero-order valence-electron chi connectivity index (χ0n) is 24.8. The first kappa shape index (κ1) is 31.1. The Labute approximate surface area is 253 Å². The zero-order chi connectivity index (χ0) is 31.3. The maximum Gasteiger partial charge on any atom is 0.423 e. The average Bonchev–Trinajstić information content (AvgIpc) is 3.40. The third-order valence-corrected chi connectivity index (χ3v) is 7.33. The lowest BCUT2D eigenvalue weighted by molar-refractivity contribution is -0.138. The number of aromatic nitrogens is 4. The number of methoxy groups -OCH3 is 2. The van der Waals surface area contributed by atoms with Crippen LogP contribution >= 0.6 is 0 Å². The number of halogens is 3. The van der Waals surface area contributed by atoms with Gasteiger partial charge in [-0.25, -0.2) is 4.68 Å². The molecule has 2 aromatic carbocycles. The summed E-state index contributed by atoms with van der Waals surface area (Å²) < 4.78 is 60.9. The lowest BCUT2D eigenvalue weighted by Crippen LogP contribution is -2.34. The highest BCUT2D eigenvalue weighted by molar-refractivity contribution is 5.50. The smallest absolute Gasteiger partial charge is 0.423 e. The molecule has 0 aliphatic carbocycles. The predicted octanol–water partition coefficient (Wildman–Crippen LogP) is 4.56. The summed E-state index contributed by atoms with van der Waals surface area (Å²) in [6.45, 7) is 5.03. The van der Waals surface area contributed by atoms with Gasteiger partial charge in [-0.3, -0.25) is 14.4 Å². The Bertz CT molecular complexity index is 1600. The third kappa shape index (κ3) is 7.58. The van der Waals surface area contributed by atoms with Gasteiger partial charge in [-0.15, -0.1) is 0 Å². The van der Waals surface area contributed by atoms with E-state index in [-0.39, 0.29) is 25.4 Å². The molecule has 0 saturated heterocycles. The van der Waals surface area contributed by atoms with Gasteiger partial charge < -0.3 is 19.5 Å². The number of nitrogens with zero attached hydrogens (tertiary/aromatic N) is 5. The van der Waals surface area contributed by atoms with Gasteiger partial charge in [0.15, 0.2) is 0 Å². The van der Waals surface area contributed by atoms with E-state index in [1.165, 1.54) is 12.7 Å². The van der Waals surface area contributed by atoms with Gasteiger partial charge in [0.05, 0.1) is 63.8 Å². The zero-order valence-corrected chi connectivity index (χ0v) is 24.8. The van der Waals surface area contributed by atoms with Gasteiger partial charge in [0.1, 0.15) is 17.1 Å². The number of anilines is 1. The highest BCUT2D eigenvalue weighted by Crippen LogP contribution is 2.32. The van der Waals surface area contributed by atoms with Crippen molar-refractivity contribution in [2.24, 2.45) is 0 Å². The Morgan fingerprint density at radius 2 is 1.59 bits per heavy atom. The number of ether oxygens (including phenoxy) is 3. The third-order valence-electron chi connectivity index (χ3n) is 7.33. The molecular weight excluding hydrogens is 577 g/mol. The normalized spacial score (nSPS) is 14.2. The van der Waals surface area contributed by atoms with Crippen molar-refractivity contribution in [1.29, 1.82) is 0 Å². The van der Waals surface area contributed by atoms with Crippen LogP contribution in [-0.4, -0.2) is 57.9 Å². The summed E-state index contributed by atoms with van der Waals surface area (Å²) in [4.78, 5) is 15.2. The van der Waals surface area contributed by atoms with E-state index in [4.69, 9.17) is 14.2 Å². The average molecular weight is 613 g/mol. The van der Waals surface area contributed by atoms with Gasteiger partial charge in [0.25, 0.3) is 5.56 Å². The van der Waals surface area contributed by atoms with Crippen LogP contribution in [0.4, 0.5) is 18.9 Å². The van der Waals surface area contributed by atoms with Gasteiger partial charge in [0.2, 0.25) is 0 Å². The molecule has 0 amide bonds. The van der Waals surface area contributed by atoms with E-state index in [2.05, 4.69) is 32.5 Å². The van der Waals surface area contributed by atoms with E-state index in [9.17, 15) is 18.0 Å². The van der Waals surface area contributed by atoms with Gasteiger partial charge in [-0.05, 0) is 48.4 Å². The van der Waals surface area contributed by atoms with Crippen LogP contribution in [0.15, 0.2) is 65.6 Å². The summed E-state index contributed by atoms with van der Waals surface area (Å²) in [7, 11) is 3.16. The van der Waals surface area contributed by atoms with Crippen molar-refractivity contribution < 1.29 is 27.4 Å². The number of nitrogens with one attached hydrogen (secondary N) is 1. The molecule has 4 aromatic rings. The van der Waals surface area contributed by atoms with Crippen molar-refractivity contribution in [2.75, 3.05) is 32.7 Å². The van der Waals surface area contributed by atoms with Crippen LogP contribution in [0, 0.1) is 0 Å². The summed E-state index contributed by atoms with van der Waals surface area (Å²) >= 11 is 0. The number of hydrogen-bond acceptors (Lipinski definition) is 8. The molecule has 0 fully saturated rings. The fourth-order valence-electron chi connectivity index (χ4n) is 5.11. The Hall–Kier alpha value is -4.36. The molecule has 1 atom stereocenters. The molecule has 3 heterocycles. The van der Waals surface area contributed by atoms with E-state index < -0.39 is 23.3 Å². The SMILES string of the molecule is COc1ccc(CN2CCn3nc(COCC(C)Nc4cnn(Cc5ccc(OC)cc5)c(=O)c4C(F)(F)F)cc3C2)cc1. The van der Waals surface area contributed by atoms with Crippen LogP contribution in [0.2, 0.25) is 0 Å². The van der Waals surface area contributed by atoms with Gasteiger partial charge in [0, 0.05) is 25.7 Å². The summed E-state index contributed by atoms with van der Waals surface area (Å²) in [5, 5.41) is 11.4. The molecule has 44 heavy (non-hydrogen) atoms. The molecule has 13 heteroatoms. The Morgan fingerprint density at radius 3 is 2.20 bits per heavy atom. The van der Waals surface area contributed by atoms with E-state index in [1.807, 2.05) is 22.9 Å². The number of rotatable bonds is 12. The van der Waals surface area contributed by atoms with Gasteiger partial charge >= 0.3 is 6.18 Å². The largest absolute Gasteiger partial charge is 0.497 e. The molecule has 0 radical (unpaired) electrons. The summed E-state index contributed by atoms with van der Waals surface area (Å²) in [6.07, 6.45) is -3.84. The molecule has 0 bridgehead atoms. The Kier molecular flexibility index (Phi) is 9.55. The molecule has 1 aliphatic heterocycles. The molecule has 1 N–H and O–H groups in total. The van der Waals surface area contributed by atoms with Crippen molar-refractivity contribution in [3.63, 3.8) is 0 Å². The molecule has 1 unspecified atom stereocenters. The molecule has 2 aromatic heterocycles. The standard InChI is InChI=1S/C31H35F3N6O4/c1-21(36-28-15-35-40(30(41)29(28)31(32,33)34)17-23-6-10-27(43-3)11-7-23)19-44-20-24-14-25-18-38(12-13-39(25)37-24)16-22-4-8-26(42-2)9-5-22/h4-11,14-15,21,36H,12-13,16-20H2,1-3H3. The van der Waals surface area contributed by atoms with Crippen LogP contribution in [0.5, 0.6) is 11.5 Å². The van der Waals surface area contributed by atoms with E-state index in [0.717, 1.165) is 54.2 Å². The second-order valence-corrected chi connectivity index (χ2v) is 10.7. The lowest BCUT2D eigenvalue weighted by atomic mass is 10.2. The van der Waals surface area contributed by atoms with Crippen molar-refractivity contribution in [3.05, 3.63) is 99.2 Å². The van der Waals surface area contributed by atoms with Crippen molar-refractivity contribution in [1.82, 2.24) is 24.5 Å². The molecular formula is C31H35F3N6O4. The van der Waals surface area contributed by atoms with Crippen molar-refractivity contribution >= 4 is 5.69 Å². The lowest BCUT2D eigenvalue weighted by Gasteiger charge is -2.27. The molecule has 0 spiro atoms. The maximum absolute atomic E-state index is 14.0. The van der Waals surface area contributed by atoms with E-state index in [1.54, 1.807) is 38.3 Å². The fraction of sp³-hybridized carbons (Fsp3) is 0.387. The highest BCUT2D eigenvalue weighted by Gasteiger charge is 2.38. The minimum absolute atomic E-state index is 0.0953. The van der Waals surface area contributed by atoms with Crippen LogP contribution in [0.1, 0.15) is 35.0 Å². The monoisotopic (exact) mass is 612 g/mol. The summed E-state index contributed by atoms with van der Waals surface area (Å²) in [6, 6.07) is 16.1. The number of fused-ring (bicyclic) bond motifs is 1. The van der Waals surface area contributed by atoms with Crippen LogP contribution < -0.4 is 20.3 Å². The van der Waals surface area contributed by atoms with E-state index in [0.29, 0.717) is 11.3 Å². The second-order valence-electron chi connectivity index (χ2n) is 10.7. The van der Waals surface area contributed by atoms with Crippen LogP contribution in [0.3, 0.4) is 0 Å². The summed E-state index contributed by atoms with van der Waals surface area (Å²) in [5.41, 5.74) is 0.718. The molecule has 234 valence electrons. The molecule has 0 saturated carbocycles. The Balaban J connectivity index is 1.16. The Morgan fingerprint density at radius 1 is 0.955 bits per heavy atom. The van der Waals surface area contributed by atoms with Crippen molar-refractivity contribution in [2.45, 2.75) is 51.9 Å². The number of benzene rings is 2. The second kappa shape index (κ2) is 13.5. The first-order valence-corrected chi connectivity index (χ1v) is 14.2. The number of alkyl halides is 3. The van der Waals surface area contributed by atoms with Gasteiger partial charge in [-0.1, -0.05) is 24.3 Å². The molecule has 1 aliphatic rings. The highest BCUT2D eigenvalue weighted by atomic mass is 19.4. The fourth-order valence-corrected chi connectivity index (χ4v) is 5.11. The number of hydrogen-bond donors (Lipinski definition) is 1. The van der Waals surface area contributed by atoms with Crippen LogP contribution in [-0.2, 0) is 43.7 Å². The first-order chi connectivity index (χ1) is 21.1. The quantitative estimate of drug-likeness (QED) is 0.249. The predicted molar refractivity (Wildman–Crippen MR) is 158 cm³/mol. The minimum atomic E-state index is -4.87. The molecule has 10 nitrogen and oxygen atoms in total. The van der Waals surface area contributed by atoms with E-state index >= 15 is 0 Å². The first-order valence-electron chi connectivity index (χ1n) is 14.2. The van der Waals surface area contributed by atoms with Crippen molar-refractivity contribution in [3.8, 4) is 11.5 Å². The summed E-state index contributed by atoms with van der Waals surface area (Å²) in [5.74, 6) is 1.42. The molecule has 5 rings (SSSR count). The van der Waals surface area contributed by atoms with Crippen LogP contribution in [0.25, 0.3) is 0 Å².